The summed E-state index contributed by atoms with van der Waals surface area (Å²) in [5, 5.41) is 5.55. The fourth-order valence-electron chi connectivity index (χ4n) is 2.93. The standard InChI is InChI=1S/C20H18N4O2S2/c1-11(2)16(21)20(26)24-9-13(12-5-3-4-6-15(12)24)17(25)19-23-14(10-28-19)18-22-7-8-27-18/h3-11,16H,21H2,1-2H3/t16-/m0/s1. The summed E-state index contributed by atoms with van der Waals surface area (Å²) in [4.78, 5) is 34.7. The van der Waals surface area contributed by atoms with Gasteiger partial charge in [-0.05, 0) is 12.0 Å². The Morgan fingerprint density at radius 3 is 2.68 bits per heavy atom. The zero-order valence-corrected chi connectivity index (χ0v) is 17.0. The molecule has 0 amide bonds. The van der Waals surface area contributed by atoms with E-state index in [2.05, 4.69) is 9.97 Å². The number of ketones is 1. The molecule has 3 heterocycles. The predicted molar refractivity (Wildman–Crippen MR) is 112 cm³/mol. The van der Waals surface area contributed by atoms with Gasteiger partial charge < -0.3 is 5.73 Å². The van der Waals surface area contributed by atoms with E-state index in [-0.39, 0.29) is 17.6 Å². The topological polar surface area (TPSA) is 90.9 Å². The zero-order valence-electron chi connectivity index (χ0n) is 15.3. The second-order valence-corrected chi connectivity index (χ2v) is 8.49. The number of rotatable bonds is 5. The molecule has 0 radical (unpaired) electrons. The van der Waals surface area contributed by atoms with Crippen LogP contribution in [0.2, 0.25) is 0 Å². The fourth-order valence-corrected chi connectivity index (χ4v) is 4.36. The van der Waals surface area contributed by atoms with Crippen LogP contribution in [0, 0.1) is 5.92 Å². The third-order valence-corrected chi connectivity index (χ3v) is 6.18. The molecule has 28 heavy (non-hydrogen) atoms. The molecule has 0 aliphatic rings. The zero-order chi connectivity index (χ0) is 19.8. The van der Waals surface area contributed by atoms with Gasteiger partial charge in [-0.15, -0.1) is 22.7 Å². The summed E-state index contributed by atoms with van der Waals surface area (Å²) in [6, 6.07) is 6.70. The first-order valence-corrected chi connectivity index (χ1v) is 10.5. The molecule has 0 aliphatic heterocycles. The highest BCUT2D eigenvalue weighted by atomic mass is 32.1. The van der Waals surface area contributed by atoms with Gasteiger partial charge in [0.2, 0.25) is 11.7 Å². The lowest BCUT2D eigenvalue weighted by molar-refractivity contribution is 0.0862. The maximum Gasteiger partial charge on any atom is 0.248 e. The first-order chi connectivity index (χ1) is 13.5. The molecule has 8 heteroatoms. The molecular formula is C20H18N4O2S2. The number of para-hydroxylation sites is 1. The Labute approximate surface area is 169 Å². The Kier molecular flexibility index (Phi) is 4.92. The van der Waals surface area contributed by atoms with Crippen LogP contribution in [-0.4, -0.2) is 32.3 Å². The van der Waals surface area contributed by atoms with Crippen LogP contribution in [0.4, 0.5) is 0 Å². The molecule has 0 aliphatic carbocycles. The van der Waals surface area contributed by atoms with Crippen LogP contribution in [0.5, 0.6) is 0 Å². The molecule has 142 valence electrons. The van der Waals surface area contributed by atoms with Crippen molar-refractivity contribution in [1.29, 1.82) is 0 Å². The van der Waals surface area contributed by atoms with Gasteiger partial charge in [-0.25, -0.2) is 9.97 Å². The molecule has 1 aromatic carbocycles. The Hall–Kier alpha value is -2.68. The van der Waals surface area contributed by atoms with Gasteiger partial charge >= 0.3 is 0 Å². The van der Waals surface area contributed by atoms with E-state index in [4.69, 9.17) is 5.73 Å². The summed E-state index contributed by atoms with van der Waals surface area (Å²) in [6.07, 6.45) is 3.29. The highest BCUT2D eigenvalue weighted by Gasteiger charge is 2.25. The lowest BCUT2D eigenvalue weighted by Crippen LogP contribution is -2.38. The number of thiazole rings is 2. The van der Waals surface area contributed by atoms with Crippen molar-refractivity contribution in [2.24, 2.45) is 11.7 Å². The molecule has 0 spiro atoms. The number of benzene rings is 1. The van der Waals surface area contributed by atoms with E-state index in [9.17, 15) is 9.59 Å². The number of hydrogen-bond acceptors (Lipinski definition) is 7. The highest BCUT2D eigenvalue weighted by Crippen LogP contribution is 2.28. The number of aromatic nitrogens is 3. The van der Waals surface area contributed by atoms with Gasteiger partial charge in [0.05, 0.1) is 17.1 Å². The predicted octanol–water partition coefficient (Wildman–Crippen LogP) is 4.08. The van der Waals surface area contributed by atoms with Crippen molar-refractivity contribution in [3.63, 3.8) is 0 Å². The highest BCUT2D eigenvalue weighted by molar-refractivity contribution is 7.14. The van der Waals surface area contributed by atoms with Crippen molar-refractivity contribution in [2.45, 2.75) is 19.9 Å². The maximum absolute atomic E-state index is 13.2. The molecule has 4 rings (SSSR count). The average molecular weight is 411 g/mol. The minimum atomic E-state index is -0.643. The molecule has 0 saturated carbocycles. The van der Waals surface area contributed by atoms with Crippen molar-refractivity contribution in [1.82, 2.24) is 14.5 Å². The smallest absolute Gasteiger partial charge is 0.248 e. The van der Waals surface area contributed by atoms with Crippen LogP contribution in [0.1, 0.15) is 34.0 Å². The van der Waals surface area contributed by atoms with Gasteiger partial charge in [-0.2, -0.15) is 0 Å². The van der Waals surface area contributed by atoms with Crippen molar-refractivity contribution < 1.29 is 9.59 Å². The average Bonchev–Trinajstić information content (AvgIpc) is 3.45. The Balaban J connectivity index is 1.77. The molecule has 0 unspecified atom stereocenters. The van der Waals surface area contributed by atoms with Crippen LogP contribution < -0.4 is 5.73 Å². The number of carbonyl (C=O) groups is 2. The van der Waals surface area contributed by atoms with E-state index in [1.165, 1.54) is 27.2 Å². The van der Waals surface area contributed by atoms with Gasteiger partial charge in [0.1, 0.15) is 10.7 Å². The molecule has 2 N–H and O–H groups in total. The third-order valence-electron chi connectivity index (χ3n) is 4.55. The second-order valence-electron chi connectivity index (χ2n) is 6.74. The summed E-state index contributed by atoms with van der Waals surface area (Å²) >= 11 is 2.75. The number of nitrogens with zero attached hydrogens (tertiary/aromatic N) is 3. The monoisotopic (exact) mass is 410 g/mol. The lowest BCUT2D eigenvalue weighted by Gasteiger charge is -2.15. The van der Waals surface area contributed by atoms with Gasteiger partial charge in [0.15, 0.2) is 5.01 Å². The van der Waals surface area contributed by atoms with Gasteiger partial charge in [0.25, 0.3) is 0 Å². The first kappa shape index (κ1) is 18.7. The van der Waals surface area contributed by atoms with Crippen LogP contribution in [0.25, 0.3) is 21.6 Å². The Morgan fingerprint density at radius 2 is 1.96 bits per heavy atom. The molecule has 0 bridgehead atoms. The molecule has 3 aromatic heterocycles. The fraction of sp³-hybridized carbons (Fsp3) is 0.200. The van der Waals surface area contributed by atoms with E-state index in [1.54, 1.807) is 12.4 Å². The lowest BCUT2D eigenvalue weighted by atomic mass is 10.1. The largest absolute Gasteiger partial charge is 0.320 e. The molecule has 0 fully saturated rings. The van der Waals surface area contributed by atoms with Crippen LogP contribution >= 0.6 is 22.7 Å². The van der Waals surface area contributed by atoms with Crippen LogP contribution in [0.15, 0.2) is 47.4 Å². The van der Waals surface area contributed by atoms with Gasteiger partial charge in [-0.1, -0.05) is 32.0 Å². The summed E-state index contributed by atoms with van der Waals surface area (Å²) in [7, 11) is 0. The van der Waals surface area contributed by atoms with Crippen molar-refractivity contribution in [2.75, 3.05) is 0 Å². The van der Waals surface area contributed by atoms with E-state index in [1.807, 2.05) is 48.9 Å². The summed E-state index contributed by atoms with van der Waals surface area (Å²) in [5.74, 6) is -0.450. The summed E-state index contributed by atoms with van der Waals surface area (Å²) < 4.78 is 1.49. The molecule has 6 nitrogen and oxygen atoms in total. The number of carbonyl (C=O) groups excluding carboxylic acids is 2. The number of hydrogen-bond donors (Lipinski definition) is 1. The molecule has 4 aromatic rings. The number of nitrogens with two attached hydrogens (primary N) is 1. The third kappa shape index (κ3) is 3.19. The van der Waals surface area contributed by atoms with Crippen molar-refractivity contribution >= 4 is 45.3 Å². The Bertz CT molecular complexity index is 1160. The SMILES string of the molecule is CC(C)[C@H](N)C(=O)n1cc(C(=O)c2nc(-c3nccs3)cs2)c2ccccc21. The number of fused-ring (bicyclic) bond motifs is 1. The Morgan fingerprint density at radius 1 is 1.18 bits per heavy atom. The molecule has 0 saturated heterocycles. The first-order valence-electron chi connectivity index (χ1n) is 8.77. The molecular weight excluding hydrogens is 392 g/mol. The normalized spacial score (nSPS) is 12.6. The quantitative estimate of drug-likeness (QED) is 0.501. The molecule has 1 atom stereocenters. The minimum absolute atomic E-state index is 0.00682. The van der Waals surface area contributed by atoms with Crippen LogP contribution in [-0.2, 0) is 0 Å². The summed E-state index contributed by atoms with van der Waals surface area (Å²) in [6.45, 7) is 3.80. The maximum atomic E-state index is 13.2. The van der Waals surface area contributed by atoms with Crippen LogP contribution in [0.3, 0.4) is 0 Å². The summed E-state index contributed by atoms with van der Waals surface area (Å²) in [5.41, 5.74) is 7.87. The van der Waals surface area contributed by atoms with E-state index in [0.29, 0.717) is 27.2 Å². The van der Waals surface area contributed by atoms with E-state index < -0.39 is 6.04 Å². The van der Waals surface area contributed by atoms with E-state index >= 15 is 0 Å². The van der Waals surface area contributed by atoms with Crippen molar-refractivity contribution in [3.8, 4) is 10.7 Å². The van der Waals surface area contributed by atoms with Gasteiger partial charge in [-0.3, -0.25) is 14.2 Å². The second kappa shape index (κ2) is 7.38. The minimum Gasteiger partial charge on any atom is -0.320 e. The van der Waals surface area contributed by atoms with E-state index in [0.717, 1.165) is 5.01 Å². The van der Waals surface area contributed by atoms with Gasteiger partial charge in [0, 0.05) is 28.5 Å². The van der Waals surface area contributed by atoms with Crippen molar-refractivity contribution in [3.05, 3.63) is 58.0 Å².